The highest BCUT2D eigenvalue weighted by Crippen LogP contribution is 2.20. The summed E-state index contributed by atoms with van der Waals surface area (Å²) in [5, 5.41) is 0.905. The lowest BCUT2D eigenvalue weighted by Crippen LogP contribution is -2.17. The molecule has 0 bridgehead atoms. The van der Waals surface area contributed by atoms with E-state index < -0.39 is 5.97 Å². The lowest BCUT2D eigenvalue weighted by molar-refractivity contribution is 0.0239. The van der Waals surface area contributed by atoms with Gasteiger partial charge in [0.2, 0.25) is 5.76 Å². The highest BCUT2D eigenvalue weighted by molar-refractivity contribution is 5.92. The van der Waals surface area contributed by atoms with E-state index in [2.05, 4.69) is 0 Å². The molecule has 1 aliphatic heterocycles. The normalized spacial score (nSPS) is 19.6. The topological polar surface area (TPSA) is 48.7 Å². The number of furan rings is 1. The second-order valence-electron chi connectivity index (χ2n) is 4.04. The van der Waals surface area contributed by atoms with E-state index in [-0.39, 0.29) is 11.9 Å². The van der Waals surface area contributed by atoms with Crippen LogP contribution < -0.4 is 0 Å². The molecular formula is C13H12O4. The van der Waals surface area contributed by atoms with Crippen LogP contribution >= 0.6 is 0 Å². The highest BCUT2D eigenvalue weighted by Gasteiger charge is 2.22. The smallest absolute Gasteiger partial charge is 0.374 e. The van der Waals surface area contributed by atoms with Crippen molar-refractivity contribution in [2.24, 2.45) is 0 Å². The minimum absolute atomic E-state index is 0.143. The van der Waals surface area contributed by atoms with Crippen LogP contribution in [0.4, 0.5) is 0 Å². The van der Waals surface area contributed by atoms with Gasteiger partial charge in [0, 0.05) is 11.8 Å². The first kappa shape index (κ1) is 10.4. The van der Waals surface area contributed by atoms with Crippen LogP contribution in [0.5, 0.6) is 0 Å². The molecule has 1 aromatic heterocycles. The maximum atomic E-state index is 11.8. The Morgan fingerprint density at radius 3 is 3.00 bits per heavy atom. The fraction of sp³-hybridized carbons (Fsp3) is 0.308. The summed E-state index contributed by atoms with van der Waals surface area (Å²) < 4.78 is 15.8. The van der Waals surface area contributed by atoms with Gasteiger partial charge < -0.3 is 13.9 Å². The summed E-state index contributed by atoms with van der Waals surface area (Å²) in [4.78, 5) is 11.8. The summed E-state index contributed by atoms with van der Waals surface area (Å²) in [6.07, 6.45) is 0.613. The van der Waals surface area contributed by atoms with Crippen LogP contribution in [-0.2, 0) is 9.47 Å². The Kier molecular flexibility index (Phi) is 2.57. The Morgan fingerprint density at radius 1 is 1.35 bits per heavy atom. The second kappa shape index (κ2) is 4.22. The molecule has 1 atom stereocenters. The van der Waals surface area contributed by atoms with E-state index in [1.54, 1.807) is 6.07 Å². The molecule has 88 valence electrons. The van der Waals surface area contributed by atoms with Crippen molar-refractivity contribution in [1.29, 1.82) is 0 Å². The number of carbonyl (C=O) groups is 1. The SMILES string of the molecule is O=C(O[C@H]1CCOC1)c1cc2ccccc2o1. The van der Waals surface area contributed by atoms with Crippen LogP contribution in [0.25, 0.3) is 11.0 Å². The second-order valence-corrected chi connectivity index (χ2v) is 4.04. The average molecular weight is 232 g/mol. The third-order valence-corrected chi connectivity index (χ3v) is 2.79. The van der Waals surface area contributed by atoms with Crippen molar-refractivity contribution in [3.63, 3.8) is 0 Å². The number of ether oxygens (including phenoxy) is 2. The number of para-hydroxylation sites is 1. The molecule has 1 fully saturated rings. The van der Waals surface area contributed by atoms with Crippen molar-refractivity contribution in [3.8, 4) is 0 Å². The fourth-order valence-corrected chi connectivity index (χ4v) is 1.90. The average Bonchev–Trinajstić information content (AvgIpc) is 2.96. The zero-order valence-corrected chi connectivity index (χ0v) is 9.22. The third-order valence-electron chi connectivity index (χ3n) is 2.79. The van der Waals surface area contributed by atoms with Gasteiger partial charge in [-0.05, 0) is 12.1 Å². The number of fused-ring (bicyclic) bond motifs is 1. The van der Waals surface area contributed by atoms with Gasteiger partial charge in [0.05, 0.1) is 13.2 Å². The largest absolute Gasteiger partial charge is 0.454 e. The van der Waals surface area contributed by atoms with Crippen LogP contribution in [0.1, 0.15) is 17.0 Å². The minimum atomic E-state index is -0.420. The van der Waals surface area contributed by atoms with Crippen LogP contribution in [0.15, 0.2) is 34.7 Å². The summed E-state index contributed by atoms with van der Waals surface area (Å²) in [7, 11) is 0. The molecule has 4 heteroatoms. The Bertz CT molecular complexity index is 504. The molecule has 2 aromatic rings. The lowest BCUT2D eigenvalue weighted by Gasteiger charge is -2.07. The first-order chi connectivity index (χ1) is 8.33. The number of rotatable bonds is 2. The van der Waals surface area contributed by atoms with Crippen molar-refractivity contribution >= 4 is 16.9 Å². The van der Waals surface area contributed by atoms with Gasteiger partial charge in [-0.3, -0.25) is 0 Å². The molecule has 0 amide bonds. The van der Waals surface area contributed by atoms with Crippen molar-refractivity contribution in [1.82, 2.24) is 0 Å². The number of esters is 1. The standard InChI is InChI=1S/C13H12O4/c14-13(16-10-5-6-15-8-10)12-7-9-3-1-2-4-11(9)17-12/h1-4,7,10H,5-6,8H2/t10-/m0/s1. The molecule has 3 rings (SSSR count). The Morgan fingerprint density at radius 2 is 2.24 bits per heavy atom. The number of hydrogen-bond donors (Lipinski definition) is 0. The molecule has 17 heavy (non-hydrogen) atoms. The summed E-state index contributed by atoms with van der Waals surface area (Å²) in [5.74, 6) is -0.171. The maximum Gasteiger partial charge on any atom is 0.374 e. The molecule has 0 spiro atoms. The molecule has 4 nitrogen and oxygen atoms in total. The first-order valence-corrected chi connectivity index (χ1v) is 5.60. The van der Waals surface area contributed by atoms with E-state index in [0.717, 1.165) is 11.8 Å². The van der Waals surface area contributed by atoms with E-state index >= 15 is 0 Å². The molecule has 0 saturated carbocycles. The molecule has 1 aliphatic rings. The van der Waals surface area contributed by atoms with Crippen LogP contribution in [0.2, 0.25) is 0 Å². The first-order valence-electron chi connectivity index (χ1n) is 5.60. The van der Waals surface area contributed by atoms with Gasteiger partial charge in [0.25, 0.3) is 0 Å². The maximum absolute atomic E-state index is 11.8. The van der Waals surface area contributed by atoms with Gasteiger partial charge in [-0.1, -0.05) is 18.2 Å². The van der Waals surface area contributed by atoms with Crippen molar-refractivity contribution in [2.75, 3.05) is 13.2 Å². The Hall–Kier alpha value is -1.81. The number of hydrogen-bond acceptors (Lipinski definition) is 4. The van der Waals surface area contributed by atoms with Gasteiger partial charge in [-0.25, -0.2) is 4.79 Å². The minimum Gasteiger partial charge on any atom is -0.454 e. The molecule has 0 N–H and O–H groups in total. The van der Waals surface area contributed by atoms with E-state index in [9.17, 15) is 4.79 Å². The monoisotopic (exact) mass is 232 g/mol. The van der Waals surface area contributed by atoms with Crippen LogP contribution in [0, 0.1) is 0 Å². The predicted molar refractivity (Wildman–Crippen MR) is 60.9 cm³/mol. The highest BCUT2D eigenvalue weighted by atomic mass is 16.6. The van der Waals surface area contributed by atoms with E-state index in [1.165, 1.54) is 0 Å². The fourth-order valence-electron chi connectivity index (χ4n) is 1.90. The van der Waals surface area contributed by atoms with E-state index in [4.69, 9.17) is 13.9 Å². The Labute approximate surface area is 98.1 Å². The molecular weight excluding hydrogens is 220 g/mol. The Balaban J connectivity index is 1.80. The number of benzene rings is 1. The van der Waals surface area contributed by atoms with Crippen molar-refractivity contribution in [2.45, 2.75) is 12.5 Å². The van der Waals surface area contributed by atoms with Crippen molar-refractivity contribution < 1.29 is 18.7 Å². The molecule has 2 heterocycles. The van der Waals surface area contributed by atoms with Gasteiger partial charge in [-0.2, -0.15) is 0 Å². The quantitative estimate of drug-likeness (QED) is 0.746. The summed E-state index contributed by atoms with van der Waals surface area (Å²) in [5.41, 5.74) is 0.696. The van der Waals surface area contributed by atoms with E-state index in [1.807, 2.05) is 24.3 Å². The van der Waals surface area contributed by atoms with E-state index in [0.29, 0.717) is 18.8 Å². The summed E-state index contributed by atoms with van der Waals surface area (Å²) in [6.45, 7) is 1.13. The molecule has 1 saturated heterocycles. The van der Waals surface area contributed by atoms with Crippen LogP contribution in [-0.4, -0.2) is 25.3 Å². The summed E-state index contributed by atoms with van der Waals surface area (Å²) >= 11 is 0. The zero-order valence-electron chi connectivity index (χ0n) is 9.22. The van der Waals surface area contributed by atoms with Crippen molar-refractivity contribution in [3.05, 3.63) is 36.1 Å². The van der Waals surface area contributed by atoms with Gasteiger partial charge in [0.15, 0.2) is 0 Å². The predicted octanol–water partition coefficient (Wildman–Crippen LogP) is 2.38. The van der Waals surface area contributed by atoms with Crippen LogP contribution in [0.3, 0.4) is 0 Å². The molecule has 1 aromatic carbocycles. The van der Waals surface area contributed by atoms with Gasteiger partial charge in [-0.15, -0.1) is 0 Å². The summed E-state index contributed by atoms with van der Waals surface area (Å²) in [6, 6.07) is 9.19. The lowest BCUT2D eigenvalue weighted by atomic mass is 10.2. The third kappa shape index (κ3) is 2.03. The zero-order chi connectivity index (χ0) is 11.7. The molecule has 0 radical (unpaired) electrons. The van der Waals surface area contributed by atoms with Gasteiger partial charge in [0.1, 0.15) is 11.7 Å². The molecule has 0 aliphatic carbocycles. The van der Waals surface area contributed by atoms with Gasteiger partial charge >= 0.3 is 5.97 Å². The molecule has 0 unspecified atom stereocenters. The number of carbonyl (C=O) groups excluding carboxylic acids is 1.